The van der Waals surface area contributed by atoms with Gasteiger partial charge in [0.25, 0.3) is 0 Å². The molecule has 0 saturated carbocycles. The molecule has 0 aromatic heterocycles. The van der Waals surface area contributed by atoms with Crippen LogP contribution in [0.5, 0.6) is 0 Å². The zero-order valence-electron chi connectivity index (χ0n) is 36.8. The molecule has 31 nitrogen and oxygen atoms in total. The van der Waals surface area contributed by atoms with Crippen molar-refractivity contribution in [3.8, 4) is 0 Å². The molecule has 1 unspecified atom stereocenters. The van der Waals surface area contributed by atoms with Crippen molar-refractivity contribution in [2.24, 2.45) is 0 Å². The molecule has 31 heteroatoms. The Morgan fingerprint density at radius 1 is 0.377 bits per heavy atom. The zero-order valence-corrected chi connectivity index (χ0v) is 36.8. The molecule has 0 aromatic rings. The Hall–Kier alpha value is -1.69. The first kappa shape index (κ1) is 56.6. The first-order valence-electron chi connectivity index (χ1n) is 22.0. The average molecular weight is 1020 g/mol. The maximum atomic E-state index is 12.9. The minimum atomic E-state index is -2.18. The van der Waals surface area contributed by atoms with Crippen molar-refractivity contribution in [1.29, 1.82) is 0 Å². The molecule has 6 aliphatic heterocycles. The summed E-state index contributed by atoms with van der Waals surface area (Å²) in [5.74, 6) is -0.893. The maximum Gasteiger partial charge on any atom is 0.217 e. The fraction of sp³-hybridized carbons (Fsp3) is 0.974. The SMILES string of the molecule is CC(=O)N[C@H]1[C@H](O[C@H]2[C@@H](O)[C@@H](CO)O[C@@H](O[C@H]3[C@H](O)[C@@H](O)C(O)O[C@@H]3CO)[C@@H]2O)O[C@H](CO)[C@@H](O)[C@@H]1O[C@@H]1O[C@H](CO)[C@H](O)[C@H](O[C@@H]2O[C@H](CO)[C@H](O)[C@H](O)[C@H]2O)[C@H]1O[C@@H]1O[C@@H](C)[C@@H](O)[C@@H](O)[C@@H]1O. The van der Waals surface area contributed by atoms with Gasteiger partial charge in [-0.3, -0.25) is 4.79 Å². The number of rotatable bonds is 16. The van der Waals surface area contributed by atoms with Gasteiger partial charge < -0.3 is 149 Å². The van der Waals surface area contributed by atoms with E-state index in [9.17, 15) is 96.7 Å². The van der Waals surface area contributed by atoms with Crippen LogP contribution in [0.1, 0.15) is 13.8 Å². The van der Waals surface area contributed by atoms with Gasteiger partial charge in [0, 0.05) is 6.92 Å². The van der Waals surface area contributed by atoms with E-state index < -0.39 is 223 Å². The minimum Gasteiger partial charge on any atom is -0.394 e. The number of amides is 1. The third kappa shape index (κ3) is 11.8. The van der Waals surface area contributed by atoms with Gasteiger partial charge in [-0.05, 0) is 6.92 Å². The minimum absolute atomic E-state index is 0.893. The predicted molar refractivity (Wildman–Crippen MR) is 209 cm³/mol. The van der Waals surface area contributed by atoms with Crippen molar-refractivity contribution in [3.63, 3.8) is 0 Å². The van der Waals surface area contributed by atoms with Gasteiger partial charge >= 0.3 is 0 Å². The normalized spacial score (nSPS) is 52.1. The van der Waals surface area contributed by atoms with Crippen molar-refractivity contribution < 1.29 is 149 Å². The lowest BCUT2D eigenvalue weighted by Crippen LogP contribution is -2.71. The Bertz CT molecular complexity index is 1610. The van der Waals surface area contributed by atoms with Gasteiger partial charge in [-0.25, -0.2) is 0 Å². The summed E-state index contributed by atoms with van der Waals surface area (Å²) in [7, 11) is 0. The van der Waals surface area contributed by atoms with Crippen LogP contribution in [0, 0.1) is 0 Å². The first-order valence-corrected chi connectivity index (χ1v) is 22.0. The van der Waals surface area contributed by atoms with Crippen LogP contribution < -0.4 is 5.32 Å². The van der Waals surface area contributed by atoms with Crippen molar-refractivity contribution in [2.75, 3.05) is 33.0 Å². The lowest BCUT2D eigenvalue weighted by Gasteiger charge is -2.51. The van der Waals surface area contributed by atoms with Gasteiger partial charge in [-0.2, -0.15) is 0 Å². The summed E-state index contributed by atoms with van der Waals surface area (Å²) in [5.41, 5.74) is 0. The molecule has 6 rings (SSSR count). The number of hydrogen-bond donors (Lipinski definition) is 19. The Kier molecular flexibility index (Phi) is 19.8. The number of carbonyl (C=O) groups excluding carboxylic acids is 1. The van der Waals surface area contributed by atoms with Crippen LogP contribution >= 0.6 is 0 Å². The molecular weight excluding hydrogens is 950 g/mol. The largest absolute Gasteiger partial charge is 0.394 e. The van der Waals surface area contributed by atoms with Crippen LogP contribution in [0.3, 0.4) is 0 Å². The highest BCUT2D eigenvalue weighted by molar-refractivity contribution is 5.73. The van der Waals surface area contributed by atoms with Crippen LogP contribution in [0.2, 0.25) is 0 Å². The number of aliphatic hydroxyl groups is 18. The highest BCUT2D eigenvalue weighted by Crippen LogP contribution is 2.38. The summed E-state index contributed by atoms with van der Waals surface area (Å²) in [5, 5.41) is 194. The molecule has 0 radical (unpaired) electrons. The molecular formula is C38H65NO30. The highest BCUT2D eigenvalue weighted by atomic mass is 16.8. The van der Waals surface area contributed by atoms with E-state index in [0.29, 0.717) is 0 Å². The maximum absolute atomic E-state index is 12.9. The van der Waals surface area contributed by atoms with Gasteiger partial charge in [-0.15, -0.1) is 0 Å². The fourth-order valence-corrected chi connectivity index (χ4v) is 8.83. The molecule has 19 N–H and O–H groups in total. The summed E-state index contributed by atoms with van der Waals surface area (Å²) in [6, 6.07) is -1.85. The van der Waals surface area contributed by atoms with Crippen molar-refractivity contribution in [1.82, 2.24) is 5.32 Å². The molecule has 6 saturated heterocycles. The third-order valence-electron chi connectivity index (χ3n) is 12.8. The van der Waals surface area contributed by atoms with Crippen LogP contribution in [-0.4, -0.2) is 315 Å². The second-order valence-electron chi connectivity index (χ2n) is 17.5. The molecule has 0 spiro atoms. The van der Waals surface area contributed by atoms with Gasteiger partial charge in [-0.1, -0.05) is 0 Å². The molecule has 30 atom stereocenters. The van der Waals surface area contributed by atoms with Crippen LogP contribution in [-0.2, 0) is 56.9 Å². The summed E-state index contributed by atoms with van der Waals surface area (Å²) in [4.78, 5) is 12.9. The molecule has 6 fully saturated rings. The third-order valence-corrected chi connectivity index (χ3v) is 12.8. The number of ether oxygens (including phenoxy) is 11. The van der Waals surface area contributed by atoms with Gasteiger partial charge in [0.05, 0.1) is 39.1 Å². The Labute approximate surface area is 390 Å². The number of nitrogens with one attached hydrogen (secondary N) is 1. The lowest BCUT2D eigenvalue weighted by atomic mass is 9.94. The topological polar surface area (TPSA) is 495 Å². The Morgan fingerprint density at radius 3 is 1.33 bits per heavy atom. The molecule has 6 heterocycles. The quantitative estimate of drug-likeness (QED) is 0.0682. The van der Waals surface area contributed by atoms with Crippen LogP contribution in [0.4, 0.5) is 0 Å². The van der Waals surface area contributed by atoms with Gasteiger partial charge in [0.15, 0.2) is 37.7 Å². The average Bonchev–Trinajstić information content (AvgIpc) is 3.32. The van der Waals surface area contributed by atoms with E-state index >= 15 is 0 Å². The van der Waals surface area contributed by atoms with E-state index in [1.807, 2.05) is 0 Å². The lowest BCUT2D eigenvalue weighted by molar-refractivity contribution is -0.404. The molecule has 0 aromatic carbocycles. The van der Waals surface area contributed by atoms with Crippen molar-refractivity contribution in [2.45, 2.75) is 198 Å². The number of aliphatic hydroxyl groups excluding tert-OH is 18. The zero-order chi connectivity index (χ0) is 50.9. The summed E-state index contributed by atoms with van der Waals surface area (Å²) in [6.07, 6.45) is -55.6. The van der Waals surface area contributed by atoms with E-state index in [1.54, 1.807) is 0 Å². The summed E-state index contributed by atoms with van der Waals surface area (Å²) >= 11 is 0. The fourth-order valence-electron chi connectivity index (χ4n) is 8.83. The highest BCUT2D eigenvalue weighted by Gasteiger charge is 2.59. The van der Waals surface area contributed by atoms with E-state index in [2.05, 4.69) is 5.32 Å². The first-order chi connectivity index (χ1) is 32.6. The summed E-state index contributed by atoms with van der Waals surface area (Å²) < 4.78 is 63.3. The van der Waals surface area contributed by atoms with Crippen molar-refractivity contribution >= 4 is 5.91 Å². The van der Waals surface area contributed by atoms with Crippen molar-refractivity contribution in [3.05, 3.63) is 0 Å². The molecule has 69 heavy (non-hydrogen) atoms. The van der Waals surface area contributed by atoms with E-state index in [4.69, 9.17) is 52.1 Å². The van der Waals surface area contributed by atoms with E-state index in [1.165, 1.54) is 6.92 Å². The molecule has 1 amide bonds. The number of carbonyl (C=O) groups is 1. The summed E-state index contributed by atoms with van der Waals surface area (Å²) in [6.45, 7) is -2.68. The molecule has 402 valence electrons. The van der Waals surface area contributed by atoms with E-state index in [-0.39, 0.29) is 0 Å². The van der Waals surface area contributed by atoms with Crippen LogP contribution in [0.15, 0.2) is 0 Å². The predicted octanol–water partition coefficient (Wildman–Crippen LogP) is -12.9. The molecule has 0 aliphatic carbocycles. The Morgan fingerprint density at radius 2 is 0.783 bits per heavy atom. The second-order valence-corrected chi connectivity index (χ2v) is 17.5. The van der Waals surface area contributed by atoms with E-state index in [0.717, 1.165) is 6.92 Å². The second kappa shape index (κ2) is 24.1. The monoisotopic (exact) mass is 1020 g/mol. The number of hydrogen-bond acceptors (Lipinski definition) is 30. The van der Waals surface area contributed by atoms with Crippen LogP contribution in [0.25, 0.3) is 0 Å². The van der Waals surface area contributed by atoms with Gasteiger partial charge in [0.2, 0.25) is 5.91 Å². The Balaban J connectivity index is 1.35. The smallest absolute Gasteiger partial charge is 0.217 e. The molecule has 6 aliphatic rings. The standard InChI is InChI=1S/C38H65NO30/c1-8-16(46)21(51)25(55)35(59-8)69-32-31(68-36-26(56)22(52)17(47)10(3-40)62-36)20(50)13(6-43)64-38(32)66-29-15(39-9(2)45)34(61-11(4-41)18(29)48)67-30-19(49)12(5-42)63-37(27(30)57)65-28-14(7-44)60-33(58)24(54)23(28)53/h8,10-38,40-44,46-58H,3-7H2,1-2H3,(H,39,45)/t8-,10+,11+,12+,13+,14+,15+,16+,17-,18+,19-,20-,21+,22-,23+,24+,25-,26+,27+,28+,29+,30-,31-,32+,33?,34-,35-,36-,37-,38-/m0/s1. The van der Waals surface area contributed by atoms with Gasteiger partial charge in [0.1, 0.15) is 140 Å². The molecule has 0 bridgehead atoms.